The standard InChI is InChI=1S/C16H23NO3S/c1-12(2)17-16(18)15-5-3-4-13(10-15)6-7-14-8-9-21(19,20)11-14/h3-5,10,12,14H,6-9,11H2,1-2H3,(H,17,18)/t14-/m1/s1. The molecule has 2 rings (SSSR count). The van der Waals surface area contributed by atoms with E-state index in [1.54, 1.807) is 6.07 Å². The van der Waals surface area contributed by atoms with Crippen molar-refractivity contribution in [3.8, 4) is 0 Å². The summed E-state index contributed by atoms with van der Waals surface area (Å²) >= 11 is 0. The molecule has 0 aliphatic carbocycles. The van der Waals surface area contributed by atoms with E-state index in [4.69, 9.17) is 0 Å². The average molecular weight is 309 g/mol. The number of benzene rings is 1. The third kappa shape index (κ3) is 4.84. The first-order valence-corrected chi connectivity index (χ1v) is 9.28. The van der Waals surface area contributed by atoms with Crippen molar-refractivity contribution in [3.05, 3.63) is 35.4 Å². The SMILES string of the molecule is CC(C)NC(=O)c1cccc(CC[C@@H]2CCS(=O)(=O)C2)c1. The number of hydrogen-bond acceptors (Lipinski definition) is 3. The molecule has 4 nitrogen and oxygen atoms in total. The number of nitrogens with one attached hydrogen (secondary N) is 1. The highest BCUT2D eigenvalue weighted by Gasteiger charge is 2.27. The van der Waals surface area contributed by atoms with Gasteiger partial charge in [0.1, 0.15) is 0 Å². The van der Waals surface area contributed by atoms with Crippen LogP contribution in [0.2, 0.25) is 0 Å². The van der Waals surface area contributed by atoms with Crippen LogP contribution in [0.1, 0.15) is 42.6 Å². The van der Waals surface area contributed by atoms with Gasteiger partial charge in [0.05, 0.1) is 11.5 Å². The van der Waals surface area contributed by atoms with Crippen LogP contribution in [-0.2, 0) is 16.3 Å². The number of rotatable bonds is 5. The second-order valence-electron chi connectivity index (χ2n) is 6.14. The summed E-state index contributed by atoms with van der Waals surface area (Å²) in [6, 6.07) is 7.71. The molecule has 1 aromatic rings. The molecule has 1 aromatic carbocycles. The molecular weight excluding hydrogens is 286 g/mol. The third-order valence-corrected chi connectivity index (χ3v) is 5.61. The predicted molar refractivity (Wildman–Crippen MR) is 84.1 cm³/mol. The maximum Gasteiger partial charge on any atom is 0.251 e. The fourth-order valence-electron chi connectivity index (χ4n) is 2.68. The molecular formula is C16H23NO3S. The van der Waals surface area contributed by atoms with Crippen molar-refractivity contribution in [2.24, 2.45) is 5.92 Å². The molecule has 1 heterocycles. The van der Waals surface area contributed by atoms with Crippen LogP contribution in [0.15, 0.2) is 24.3 Å². The Morgan fingerprint density at radius 2 is 2.14 bits per heavy atom. The van der Waals surface area contributed by atoms with Gasteiger partial charge in [-0.25, -0.2) is 8.42 Å². The van der Waals surface area contributed by atoms with Crippen LogP contribution >= 0.6 is 0 Å². The molecule has 0 bridgehead atoms. The Labute approximate surface area is 126 Å². The van der Waals surface area contributed by atoms with Gasteiger partial charge in [0.15, 0.2) is 9.84 Å². The Balaban J connectivity index is 1.94. The van der Waals surface area contributed by atoms with Gasteiger partial charge in [-0.05, 0) is 56.7 Å². The van der Waals surface area contributed by atoms with E-state index in [0.717, 1.165) is 24.8 Å². The first-order valence-electron chi connectivity index (χ1n) is 7.46. The van der Waals surface area contributed by atoms with Crippen LogP contribution in [0.5, 0.6) is 0 Å². The van der Waals surface area contributed by atoms with Gasteiger partial charge in [-0.3, -0.25) is 4.79 Å². The summed E-state index contributed by atoms with van der Waals surface area (Å²) in [5.74, 6) is 0.855. The quantitative estimate of drug-likeness (QED) is 0.907. The highest BCUT2D eigenvalue weighted by molar-refractivity contribution is 7.91. The normalized spacial score (nSPS) is 20.6. The molecule has 1 aliphatic rings. The van der Waals surface area contributed by atoms with E-state index in [9.17, 15) is 13.2 Å². The van der Waals surface area contributed by atoms with Gasteiger partial charge >= 0.3 is 0 Å². The minimum absolute atomic E-state index is 0.0599. The summed E-state index contributed by atoms with van der Waals surface area (Å²) < 4.78 is 22.9. The lowest BCUT2D eigenvalue weighted by Gasteiger charge is -2.10. The number of sulfone groups is 1. The smallest absolute Gasteiger partial charge is 0.251 e. The van der Waals surface area contributed by atoms with Crippen molar-refractivity contribution in [1.29, 1.82) is 0 Å². The molecule has 0 saturated carbocycles. The minimum Gasteiger partial charge on any atom is -0.350 e. The minimum atomic E-state index is -2.80. The molecule has 1 fully saturated rings. The van der Waals surface area contributed by atoms with Gasteiger partial charge in [0, 0.05) is 11.6 Å². The number of hydrogen-bond donors (Lipinski definition) is 1. The highest BCUT2D eigenvalue weighted by Crippen LogP contribution is 2.23. The summed E-state index contributed by atoms with van der Waals surface area (Å²) in [4.78, 5) is 12.0. The van der Waals surface area contributed by atoms with Crippen LogP contribution in [0.3, 0.4) is 0 Å². The summed E-state index contributed by atoms with van der Waals surface area (Å²) in [6.45, 7) is 3.87. The lowest BCUT2D eigenvalue weighted by molar-refractivity contribution is 0.0943. The molecule has 1 atom stereocenters. The topological polar surface area (TPSA) is 63.2 Å². The van der Waals surface area contributed by atoms with Crippen LogP contribution in [0.25, 0.3) is 0 Å². The largest absolute Gasteiger partial charge is 0.350 e. The van der Waals surface area contributed by atoms with Crippen molar-refractivity contribution in [2.45, 2.75) is 39.2 Å². The number of carbonyl (C=O) groups is 1. The number of aryl methyl sites for hydroxylation is 1. The van der Waals surface area contributed by atoms with Gasteiger partial charge in [-0.15, -0.1) is 0 Å². The van der Waals surface area contributed by atoms with Crippen LogP contribution < -0.4 is 5.32 Å². The van der Waals surface area contributed by atoms with Crippen LogP contribution in [0.4, 0.5) is 0 Å². The Morgan fingerprint density at radius 1 is 1.38 bits per heavy atom. The van der Waals surface area contributed by atoms with Gasteiger partial charge in [0.25, 0.3) is 5.91 Å². The number of amides is 1. The molecule has 1 amide bonds. The van der Waals surface area contributed by atoms with Crippen molar-refractivity contribution in [2.75, 3.05) is 11.5 Å². The van der Waals surface area contributed by atoms with Crippen LogP contribution in [0, 0.1) is 5.92 Å². The lowest BCUT2D eigenvalue weighted by Crippen LogP contribution is -2.30. The zero-order valence-corrected chi connectivity index (χ0v) is 13.4. The third-order valence-electron chi connectivity index (χ3n) is 3.78. The molecule has 0 spiro atoms. The Morgan fingerprint density at radius 3 is 2.76 bits per heavy atom. The highest BCUT2D eigenvalue weighted by atomic mass is 32.2. The van der Waals surface area contributed by atoms with Crippen molar-refractivity contribution >= 4 is 15.7 Å². The molecule has 5 heteroatoms. The zero-order valence-electron chi connectivity index (χ0n) is 12.6. The van der Waals surface area contributed by atoms with E-state index in [1.165, 1.54) is 0 Å². The van der Waals surface area contributed by atoms with Crippen molar-refractivity contribution in [3.63, 3.8) is 0 Å². The summed E-state index contributed by atoms with van der Waals surface area (Å²) in [5, 5.41) is 2.88. The molecule has 0 unspecified atom stereocenters. The van der Waals surface area contributed by atoms with E-state index in [2.05, 4.69) is 5.32 Å². The maximum atomic E-state index is 12.0. The van der Waals surface area contributed by atoms with Crippen molar-refractivity contribution < 1.29 is 13.2 Å². The van der Waals surface area contributed by atoms with Gasteiger partial charge in [-0.1, -0.05) is 12.1 Å². The molecule has 0 aromatic heterocycles. The monoisotopic (exact) mass is 309 g/mol. The number of carbonyl (C=O) groups excluding carboxylic acids is 1. The van der Waals surface area contributed by atoms with E-state index < -0.39 is 9.84 Å². The predicted octanol–water partition coefficient (Wildman–Crippen LogP) is 2.19. The van der Waals surface area contributed by atoms with E-state index in [-0.39, 0.29) is 17.9 Å². The zero-order chi connectivity index (χ0) is 15.5. The second-order valence-corrected chi connectivity index (χ2v) is 8.36. The molecule has 1 N–H and O–H groups in total. The summed E-state index contributed by atoms with van der Waals surface area (Å²) in [7, 11) is -2.80. The fourth-order valence-corrected chi connectivity index (χ4v) is 4.59. The van der Waals surface area contributed by atoms with Gasteiger partial charge < -0.3 is 5.32 Å². The van der Waals surface area contributed by atoms with Gasteiger partial charge in [-0.2, -0.15) is 0 Å². The van der Waals surface area contributed by atoms with Crippen molar-refractivity contribution in [1.82, 2.24) is 5.32 Å². The lowest BCUT2D eigenvalue weighted by atomic mass is 9.98. The van der Waals surface area contributed by atoms with E-state index in [0.29, 0.717) is 17.1 Å². The summed E-state index contributed by atoms with van der Waals surface area (Å²) in [6.07, 6.45) is 2.47. The molecule has 116 valence electrons. The first-order chi connectivity index (χ1) is 9.85. The molecule has 21 heavy (non-hydrogen) atoms. The average Bonchev–Trinajstić information content (AvgIpc) is 2.75. The summed E-state index contributed by atoms with van der Waals surface area (Å²) in [5.41, 5.74) is 1.76. The maximum absolute atomic E-state index is 12.0. The van der Waals surface area contributed by atoms with E-state index >= 15 is 0 Å². The van der Waals surface area contributed by atoms with Crippen LogP contribution in [-0.4, -0.2) is 31.9 Å². The Bertz CT molecular complexity index is 608. The second kappa shape index (κ2) is 6.60. The Hall–Kier alpha value is -1.36. The fraction of sp³-hybridized carbons (Fsp3) is 0.562. The molecule has 0 radical (unpaired) electrons. The van der Waals surface area contributed by atoms with Gasteiger partial charge in [0.2, 0.25) is 0 Å². The van der Waals surface area contributed by atoms with E-state index in [1.807, 2.05) is 32.0 Å². The molecule has 1 aliphatic heterocycles. The first kappa shape index (κ1) is 16.0. The Kier molecular flexibility index (Phi) is 5.04. The molecule has 1 saturated heterocycles.